The Morgan fingerprint density at radius 2 is 2.00 bits per heavy atom. The number of aromatic amines is 1. The normalized spacial score (nSPS) is 11.0. The molecule has 2 aromatic rings. The minimum Gasteiger partial charge on any atom is -0.419 e. The fourth-order valence-corrected chi connectivity index (χ4v) is 1.21. The Balaban J connectivity index is 2.38. The van der Waals surface area contributed by atoms with Crippen molar-refractivity contribution in [2.75, 3.05) is 0 Å². The minimum atomic E-state index is -2.78. The number of halogens is 2. The molecule has 13 heavy (non-hydrogen) atoms. The zero-order valence-electron chi connectivity index (χ0n) is 6.63. The summed E-state index contributed by atoms with van der Waals surface area (Å²) in [4.78, 5) is 2.72. The molecular weight excluding hydrogens is 176 g/mol. The molecule has 2 nitrogen and oxygen atoms in total. The van der Waals surface area contributed by atoms with Gasteiger partial charge in [0.15, 0.2) is 5.88 Å². The van der Waals surface area contributed by atoms with Gasteiger partial charge in [0.1, 0.15) is 0 Å². The molecule has 2 rings (SSSR count). The maximum absolute atomic E-state index is 11.8. The van der Waals surface area contributed by atoms with Crippen LogP contribution in [0.1, 0.15) is 0 Å². The molecule has 0 saturated carbocycles. The lowest BCUT2D eigenvalue weighted by Gasteiger charge is -1.98. The summed E-state index contributed by atoms with van der Waals surface area (Å²) in [6.45, 7) is -2.78. The van der Waals surface area contributed by atoms with Gasteiger partial charge in [0.2, 0.25) is 0 Å². The molecule has 0 amide bonds. The van der Waals surface area contributed by atoms with Crippen molar-refractivity contribution in [2.45, 2.75) is 6.61 Å². The lowest BCUT2D eigenvalue weighted by Crippen LogP contribution is -2.01. The van der Waals surface area contributed by atoms with Crippen LogP contribution in [0, 0.1) is 0 Å². The van der Waals surface area contributed by atoms with E-state index in [9.17, 15) is 8.78 Å². The summed E-state index contributed by atoms with van der Waals surface area (Å²) in [6, 6.07) is 8.83. The maximum Gasteiger partial charge on any atom is 0.388 e. The van der Waals surface area contributed by atoms with Crippen LogP contribution in [0.4, 0.5) is 8.78 Å². The topological polar surface area (TPSA) is 25.0 Å². The van der Waals surface area contributed by atoms with E-state index in [1.54, 1.807) is 12.1 Å². The average Bonchev–Trinajstić information content (AvgIpc) is 2.44. The van der Waals surface area contributed by atoms with E-state index in [0.29, 0.717) is 0 Å². The first kappa shape index (κ1) is 8.04. The van der Waals surface area contributed by atoms with Crippen molar-refractivity contribution >= 4 is 10.9 Å². The lowest BCUT2D eigenvalue weighted by atomic mass is 10.3. The second-order valence-corrected chi connectivity index (χ2v) is 2.60. The fourth-order valence-electron chi connectivity index (χ4n) is 1.21. The number of fused-ring (bicyclic) bond motifs is 1. The molecule has 0 aliphatic carbocycles. The van der Waals surface area contributed by atoms with Gasteiger partial charge in [-0.05, 0) is 6.07 Å². The SMILES string of the molecule is FC(F)Oc1cc2ccccc2[nH]1. The standard InChI is InChI=1S/C9H7F2NO/c10-9(11)13-8-5-6-3-1-2-4-7(6)12-8/h1-5,9,12H. The Bertz CT molecular complexity index is 378. The highest BCUT2D eigenvalue weighted by atomic mass is 19.3. The highest BCUT2D eigenvalue weighted by Gasteiger charge is 2.06. The zero-order chi connectivity index (χ0) is 9.26. The number of ether oxygens (including phenoxy) is 1. The first-order valence-corrected chi connectivity index (χ1v) is 3.78. The molecule has 0 bridgehead atoms. The summed E-state index contributed by atoms with van der Waals surface area (Å²) in [7, 11) is 0. The Labute approximate surface area is 73.1 Å². The van der Waals surface area contributed by atoms with Gasteiger partial charge in [-0.3, -0.25) is 0 Å². The minimum absolute atomic E-state index is 0.0937. The molecule has 0 radical (unpaired) electrons. The lowest BCUT2D eigenvalue weighted by molar-refractivity contribution is -0.0523. The fraction of sp³-hybridized carbons (Fsp3) is 0.111. The largest absolute Gasteiger partial charge is 0.419 e. The molecule has 0 aliphatic heterocycles. The second kappa shape index (κ2) is 3.05. The molecule has 1 heterocycles. The number of nitrogens with one attached hydrogen (secondary N) is 1. The molecule has 0 atom stereocenters. The van der Waals surface area contributed by atoms with Gasteiger partial charge in [0, 0.05) is 17.0 Å². The van der Waals surface area contributed by atoms with Crippen LogP contribution >= 0.6 is 0 Å². The van der Waals surface area contributed by atoms with Gasteiger partial charge in [0.05, 0.1) is 0 Å². The van der Waals surface area contributed by atoms with Crippen molar-refractivity contribution in [1.82, 2.24) is 4.98 Å². The van der Waals surface area contributed by atoms with Crippen LogP contribution in [-0.2, 0) is 0 Å². The number of rotatable bonds is 2. The Hall–Kier alpha value is -1.58. The molecule has 1 N–H and O–H groups in total. The first-order valence-electron chi connectivity index (χ1n) is 3.78. The zero-order valence-corrected chi connectivity index (χ0v) is 6.63. The predicted molar refractivity (Wildman–Crippen MR) is 44.9 cm³/mol. The molecule has 0 saturated heterocycles. The van der Waals surface area contributed by atoms with Gasteiger partial charge in [-0.2, -0.15) is 8.78 Å². The molecule has 0 fully saturated rings. The van der Waals surface area contributed by atoms with Gasteiger partial charge < -0.3 is 9.72 Å². The molecule has 68 valence electrons. The maximum atomic E-state index is 11.8. The summed E-state index contributed by atoms with van der Waals surface area (Å²) >= 11 is 0. The summed E-state index contributed by atoms with van der Waals surface area (Å²) in [5.74, 6) is 0.0937. The van der Waals surface area contributed by atoms with Crippen LogP contribution in [0.5, 0.6) is 5.88 Å². The number of hydrogen-bond donors (Lipinski definition) is 1. The van der Waals surface area contributed by atoms with E-state index in [-0.39, 0.29) is 5.88 Å². The quantitative estimate of drug-likeness (QED) is 0.760. The van der Waals surface area contributed by atoms with Crippen molar-refractivity contribution in [3.8, 4) is 5.88 Å². The van der Waals surface area contributed by atoms with Crippen LogP contribution in [0.2, 0.25) is 0 Å². The third-order valence-electron chi connectivity index (χ3n) is 1.72. The van der Waals surface area contributed by atoms with Gasteiger partial charge in [-0.25, -0.2) is 0 Å². The van der Waals surface area contributed by atoms with Crippen molar-refractivity contribution < 1.29 is 13.5 Å². The Kier molecular flexibility index (Phi) is 1.88. The van der Waals surface area contributed by atoms with E-state index in [1.165, 1.54) is 0 Å². The summed E-state index contributed by atoms with van der Waals surface area (Å²) in [6.07, 6.45) is 0. The molecule has 1 aromatic heterocycles. The van der Waals surface area contributed by atoms with Crippen LogP contribution in [-0.4, -0.2) is 11.6 Å². The van der Waals surface area contributed by atoms with Gasteiger partial charge in [-0.15, -0.1) is 0 Å². The Morgan fingerprint density at radius 3 is 2.69 bits per heavy atom. The smallest absolute Gasteiger partial charge is 0.388 e. The summed E-state index contributed by atoms with van der Waals surface area (Å²) < 4.78 is 27.8. The number of para-hydroxylation sites is 1. The predicted octanol–water partition coefficient (Wildman–Crippen LogP) is 2.77. The van der Waals surface area contributed by atoms with Crippen molar-refractivity contribution in [2.24, 2.45) is 0 Å². The molecule has 0 spiro atoms. The van der Waals surface area contributed by atoms with E-state index in [2.05, 4.69) is 9.72 Å². The molecule has 0 unspecified atom stereocenters. The molecular formula is C9H7F2NO. The monoisotopic (exact) mass is 183 g/mol. The second-order valence-electron chi connectivity index (χ2n) is 2.60. The van der Waals surface area contributed by atoms with E-state index in [0.717, 1.165) is 10.9 Å². The van der Waals surface area contributed by atoms with E-state index in [1.807, 2.05) is 18.2 Å². The summed E-state index contributed by atoms with van der Waals surface area (Å²) in [5, 5.41) is 0.859. The third kappa shape index (κ3) is 1.61. The van der Waals surface area contributed by atoms with Crippen LogP contribution < -0.4 is 4.74 Å². The summed E-state index contributed by atoms with van der Waals surface area (Å²) in [5.41, 5.74) is 0.790. The number of hydrogen-bond acceptors (Lipinski definition) is 1. The van der Waals surface area contributed by atoms with Crippen molar-refractivity contribution in [3.63, 3.8) is 0 Å². The van der Waals surface area contributed by atoms with Gasteiger partial charge in [-0.1, -0.05) is 18.2 Å². The number of aromatic nitrogens is 1. The van der Waals surface area contributed by atoms with E-state index < -0.39 is 6.61 Å². The number of alkyl halides is 2. The number of H-pyrrole nitrogens is 1. The third-order valence-corrected chi connectivity index (χ3v) is 1.72. The highest BCUT2D eigenvalue weighted by Crippen LogP contribution is 2.20. The average molecular weight is 183 g/mol. The highest BCUT2D eigenvalue weighted by molar-refractivity contribution is 5.81. The molecule has 4 heteroatoms. The molecule has 0 aliphatic rings. The van der Waals surface area contributed by atoms with Crippen LogP contribution in [0.25, 0.3) is 10.9 Å². The number of benzene rings is 1. The van der Waals surface area contributed by atoms with Crippen molar-refractivity contribution in [1.29, 1.82) is 0 Å². The van der Waals surface area contributed by atoms with Crippen molar-refractivity contribution in [3.05, 3.63) is 30.3 Å². The molecule has 1 aromatic carbocycles. The van der Waals surface area contributed by atoms with Crippen LogP contribution in [0.15, 0.2) is 30.3 Å². The van der Waals surface area contributed by atoms with E-state index >= 15 is 0 Å². The van der Waals surface area contributed by atoms with E-state index in [4.69, 9.17) is 0 Å². The van der Waals surface area contributed by atoms with Gasteiger partial charge >= 0.3 is 6.61 Å². The van der Waals surface area contributed by atoms with Gasteiger partial charge in [0.25, 0.3) is 0 Å². The Morgan fingerprint density at radius 1 is 1.23 bits per heavy atom. The van der Waals surface area contributed by atoms with Crippen LogP contribution in [0.3, 0.4) is 0 Å². The first-order chi connectivity index (χ1) is 6.25.